The molecule has 2 aromatic carbocycles. The zero-order chi connectivity index (χ0) is 19.9. The van der Waals surface area contributed by atoms with Crippen LogP contribution in [0.2, 0.25) is 0 Å². The number of halogens is 1. The van der Waals surface area contributed by atoms with E-state index >= 15 is 0 Å². The lowest BCUT2D eigenvalue weighted by molar-refractivity contribution is -0.115. The van der Waals surface area contributed by atoms with Crippen LogP contribution in [0, 0.1) is 0 Å². The number of ether oxygens (including phenoxy) is 1. The molecule has 10 heteroatoms. The molecule has 0 aliphatic rings. The van der Waals surface area contributed by atoms with Gasteiger partial charge in [0.1, 0.15) is 0 Å². The summed E-state index contributed by atoms with van der Waals surface area (Å²) in [5.74, 6) is -0.270. The molecule has 5 N–H and O–H groups in total. The van der Waals surface area contributed by atoms with Gasteiger partial charge in [-0.25, -0.2) is 13.1 Å². The Balaban J connectivity index is 0.00000392. The summed E-state index contributed by atoms with van der Waals surface area (Å²) in [6.45, 7) is 0.977. The third-order valence-corrected chi connectivity index (χ3v) is 5.22. The molecule has 0 aromatic heterocycles. The van der Waals surface area contributed by atoms with Crippen molar-refractivity contribution in [1.82, 2.24) is 4.72 Å². The lowest BCUT2D eigenvalue weighted by Gasteiger charge is -2.15. The number of nitrogens with one attached hydrogen (secondary N) is 3. The third-order valence-electron chi connectivity index (χ3n) is 3.81. The van der Waals surface area contributed by atoms with Crippen molar-refractivity contribution in [2.75, 3.05) is 43.7 Å². The van der Waals surface area contributed by atoms with E-state index in [-0.39, 0.29) is 29.6 Å². The van der Waals surface area contributed by atoms with Crippen molar-refractivity contribution in [2.24, 2.45) is 0 Å². The molecular formula is C18H25ClN4O4S. The van der Waals surface area contributed by atoms with Gasteiger partial charge in [0.25, 0.3) is 0 Å². The summed E-state index contributed by atoms with van der Waals surface area (Å²) >= 11 is 0. The minimum atomic E-state index is -3.63. The van der Waals surface area contributed by atoms with Crippen LogP contribution in [-0.2, 0) is 26.0 Å². The Kier molecular flexibility index (Phi) is 9.20. The fourth-order valence-electron chi connectivity index (χ4n) is 2.37. The molecule has 28 heavy (non-hydrogen) atoms. The highest BCUT2D eigenvalue weighted by molar-refractivity contribution is 7.89. The van der Waals surface area contributed by atoms with Crippen molar-refractivity contribution >= 4 is 45.4 Å². The average Bonchev–Trinajstić information content (AvgIpc) is 2.64. The van der Waals surface area contributed by atoms with E-state index in [2.05, 4.69) is 15.4 Å². The summed E-state index contributed by atoms with van der Waals surface area (Å²) in [7, 11) is -0.714. The van der Waals surface area contributed by atoms with Crippen LogP contribution in [0.25, 0.3) is 0 Å². The van der Waals surface area contributed by atoms with Crippen molar-refractivity contribution < 1.29 is 17.9 Å². The maximum absolute atomic E-state index is 12.4. The highest BCUT2D eigenvalue weighted by Gasteiger charge is 2.15. The largest absolute Gasteiger partial charge is 0.399 e. The van der Waals surface area contributed by atoms with Gasteiger partial charge in [-0.05, 0) is 42.9 Å². The van der Waals surface area contributed by atoms with Gasteiger partial charge < -0.3 is 21.1 Å². The minimum absolute atomic E-state index is 0. The van der Waals surface area contributed by atoms with Gasteiger partial charge in [0.2, 0.25) is 15.9 Å². The molecule has 2 aromatic rings. The van der Waals surface area contributed by atoms with E-state index in [4.69, 9.17) is 10.5 Å². The van der Waals surface area contributed by atoms with Gasteiger partial charge >= 0.3 is 0 Å². The zero-order valence-corrected chi connectivity index (χ0v) is 17.3. The van der Waals surface area contributed by atoms with Crippen molar-refractivity contribution in [3.8, 4) is 0 Å². The Morgan fingerprint density at radius 3 is 2.39 bits per heavy atom. The predicted octanol–water partition coefficient (Wildman–Crippen LogP) is 1.84. The Bertz CT molecular complexity index is 889. The summed E-state index contributed by atoms with van der Waals surface area (Å²) in [4.78, 5) is 12.5. The second kappa shape index (κ2) is 10.9. The number of carbonyl (C=O) groups is 1. The van der Waals surface area contributed by atoms with Crippen molar-refractivity contribution in [1.29, 1.82) is 0 Å². The molecule has 0 bridgehead atoms. The van der Waals surface area contributed by atoms with Gasteiger partial charge in [0.05, 0.1) is 29.3 Å². The number of nitrogens with two attached hydrogens (primary N) is 1. The number of nitrogen functional groups attached to an aromatic ring is 1. The zero-order valence-electron chi connectivity index (χ0n) is 15.7. The number of sulfonamides is 1. The van der Waals surface area contributed by atoms with Crippen molar-refractivity contribution in [3.63, 3.8) is 0 Å². The van der Waals surface area contributed by atoms with E-state index in [0.717, 1.165) is 5.56 Å². The molecule has 0 atom stereocenters. The molecule has 0 radical (unpaired) electrons. The van der Waals surface area contributed by atoms with Crippen LogP contribution in [0.15, 0.2) is 47.4 Å². The normalized spacial score (nSPS) is 10.8. The molecule has 0 aliphatic carbocycles. The van der Waals surface area contributed by atoms with Crippen LogP contribution < -0.4 is 21.1 Å². The number of anilines is 3. The topological polar surface area (TPSA) is 123 Å². The van der Waals surface area contributed by atoms with E-state index in [9.17, 15) is 13.2 Å². The number of rotatable bonds is 9. The summed E-state index contributed by atoms with van der Waals surface area (Å²) in [6.07, 6.45) is 0.140. The molecule has 0 saturated heterocycles. The lowest BCUT2D eigenvalue weighted by atomic mass is 10.1. The van der Waals surface area contributed by atoms with Gasteiger partial charge in [-0.15, -0.1) is 12.4 Å². The van der Waals surface area contributed by atoms with Crippen LogP contribution in [0.4, 0.5) is 17.1 Å². The molecule has 2 rings (SSSR count). The lowest BCUT2D eigenvalue weighted by Crippen LogP contribution is -2.20. The van der Waals surface area contributed by atoms with E-state index in [1.54, 1.807) is 37.4 Å². The van der Waals surface area contributed by atoms with Gasteiger partial charge in [-0.1, -0.05) is 12.1 Å². The highest BCUT2D eigenvalue weighted by Crippen LogP contribution is 2.26. The van der Waals surface area contributed by atoms with Crippen molar-refractivity contribution in [3.05, 3.63) is 48.0 Å². The Labute approximate surface area is 171 Å². The molecule has 8 nitrogen and oxygen atoms in total. The minimum Gasteiger partial charge on any atom is -0.399 e. The number of hydrogen-bond donors (Lipinski definition) is 4. The Morgan fingerprint density at radius 1 is 1.11 bits per heavy atom. The third kappa shape index (κ3) is 6.68. The molecule has 0 saturated carbocycles. The van der Waals surface area contributed by atoms with E-state index in [1.807, 2.05) is 0 Å². The highest BCUT2D eigenvalue weighted by atomic mass is 35.5. The molecule has 154 valence electrons. The first-order chi connectivity index (χ1) is 12.9. The molecule has 0 fully saturated rings. The smallest absolute Gasteiger partial charge is 0.240 e. The number of carbonyl (C=O) groups excluding carboxylic acids is 1. The van der Waals surface area contributed by atoms with Crippen molar-refractivity contribution in [2.45, 2.75) is 11.3 Å². The van der Waals surface area contributed by atoms with Gasteiger partial charge in [0, 0.05) is 19.3 Å². The fraction of sp³-hybridized carbons (Fsp3) is 0.278. The monoisotopic (exact) mass is 428 g/mol. The number of amides is 1. The predicted molar refractivity (Wildman–Crippen MR) is 113 cm³/mol. The van der Waals surface area contributed by atoms with Crippen LogP contribution >= 0.6 is 12.4 Å². The molecule has 1 amide bonds. The SMILES string of the molecule is CNS(=O)(=O)c1ccc(NCCOC)c(NC(=O)Cc2ccc(N)cc2)c1.Cl. The Morgan fingerprint density at radius 2 is 1.79 bits per heavy atom. The Hall–Kier alpha value is -2.33. The van der Waals surface area contributed by atoms with Gasteiger partial charge in [-0.3, -0.25) is 4.79 Å². The molecule has 0 unspecified atom stereocenters. The van der Waals surface area contributed by atoms with E-state index < -0.39 is 10.0 Å². The molecule has 0 aliphatic heterocycles. The van der Waals surface area contributed by atoms with Crippen LogP contribution in [-0.4, -0.2) is 41.6 Å². The summed E-state index contributed by atoms with van der Waals surface area (Å²) in [5, 5.41) is 5.89. The van der Waals surface area contributed by atoms with E-state index in [1.165, 1.54) is 19.2 Å². The first kappa shape index (κ1) is 23.7. The molecule has 0 heterocycles. The summed E-state index contributed by atoms with van der Waals surface area (Å²) in [6, 6.07) is 11.5. The van der Waals surface area contributed by atoms with Crippen LogP contribution in [0.3, 0.4) is 0 Å². The first-order valence-corrected chi connectivity index (χ1v) is 9.78. The van der Waals surface area contributed by atoms with Crippen LogP contribution in [0.1, 0.15) is 5.56 Å². The summed E-state index contributed by atoms with van der Waals surface area (Å²) < 4.78 is 31.4. The quantitative estimate of drug-likeness (QED) is 0.357. The van der Waals surface area contributed by atoms with Gasteiger partial charge in [0.15, 0.2) is 0 Å². The maximum atomic E-state index is 12.4. The van der Waals surface area contributed by atoms with E-state index in [0.29, 0.717) is 30.2 Å². The molecule has 0 spiro atoms. The number of hydrogen-bond acceptors (Lipinski definition) is 6. The van der Waals surface area contributed by atoms with Crippen LogP contribution in [0.5, 0.6) is 0 Å². The fourth-order valence-corrected chi connectivity index (χ4v) is 3.12. The second-order valence-electron chi connectivity index (χ2n) is 5.80. The molecular weight excluding hydrogens is 404 g/mol. The number of benzene rings is 2. The standard InChI is InChI=1S/C18H24N4O4S.ClH/c1-20-27(24,25)15-7-8-16(21-9-10-26-2)17(12-15)22-18(23)11-13-3-5-14(19)6-4-13;/h3-8,12,20-21H,9-11,19H2,1-2H3,(H,22,23);1H. The average molecular weight is 429 g/mol. The second-order valence-corrected chi connectivity index (χ2v) is 7.69. The number of methoxy groups -OCH3 is 1. The van der Waals surface area contributed by atoms with Gasteiger partial charge in [-0.2, -0.15) is 0 Å². The maximum Gasteiger partial charge on any atom is 0.240 e. The first-order valence-electron chi connectivity index (χ1n) is 8.30. The summed E-state index contributed by atoms with van der Waals surface area (Å²) in [5.41, 5.74) is 8.05.